The van der Waals surface area contributed by atoms with Gasteiger partial charge >= 0.3 is 0 Å². The van der Waals surface area contributed by atoms with Crippen molar-refractivity contribution >= 4 is 16.5 Å². The SMILES string of the molecule is CCNCN=CC([SiH3])c1ccccc1. The van der Waals surface area contributed by atoms with Gasteiger partial charge in [-0.2, -0.15) is 0 Å². The maximum atomic E-state index is 4.34. The van der Waals surface area contributed by atoms with E-state index in [4.69, 9.17) is 0 Å². The van der Waals surface area contributed by atoms with Gasteiger partial charge in [-0.3, -0.25) is 10.3 Å². The van der Waals surface area contributed by atoms with Gasteiger partial charge in [-0.25, -0.2) is 0 Å². The summed E-state index contributed by atoms with van der Waals surface area (Å²) in [4.78, 5) is 4.34. The molecule has 0 saturated heterocycles. The Bertz CT molecular complexity index is 272. The van der Waals surface area contributed by atoms with Crippen molar-refractivity contribution in [3.63, 3.8) is 0 Å². The molecule has 0 aliphatic heterocycles. The Hall–Kier alpha value is -0.933. The zero-order chi connectivity index (χ0) is 10.2. The van der Waals surface area contributed by atoms with Crippen LogP contribution in [0.1, 0.15) is 18.0 Å². The Morgan fingerprint density at radius 2 is 2.14 bits per heavy atom. The Balaban J connectivity index is 2.42. The molecule has 0 aromatic heterocycles. The lowest BCUT2D eigenvalue weighted by atomic mass is 10.2. The highest BCUT2D eigenvalue weighted by Gasteiger charge is 1.99. The summed E-state index contributed by atoms with van der Waals surface area (Å²) >= 11 is 0. The highest BCUT2D eigenvalue weighted by molar-refractivity contribution is 6.21. The summed E-state index contributed by atoms with van der Waals surface area (Å²) in [6.07, 6.45) is 2.06. The number of hydrogen-bond donors (Lipinski definition) is 1. The average molecular weight is 206 g/mol. The summed E-state index contributed by atoms with van der Waals surface area (Å²) in [5.74, 6) is 0. The van der Waals surface area contributed by atoms with Crippen LogP contribution in [0.2, 0.25) is 0 Å². The molecule has 0 saturated carbocycles. The Morgan fingerprint density at radius 1 is 1.43 bits per heavy atom. The Kier molecular flexibility index (Phi) is 5.18. The molecule has 1 aromatic rings. The molecule has 1 atom stereocenters. The molecule has 0 spiro atoms. The van der Waals surface area contributed by atoms with Gasteiger partial charge in [0, 0.05) is 22.0 Å². The van der Waals surface area contributed by atoms with E-state index in [2.05, 4.69) is 47.7 Å². The number of aliphatic imine (C=N–C) groups is 1. The topological polar surface area (TPSA) is 24.4 Å². The van der Waals surface area contributed by atoms with Gasteiger partial charge in [-0.05, 0) is 12.1 Å². The van der Waals surface area contributed by atoms with Crippen LogP contribution >= 0.6 is 0 Å². The van der Waals surface area contributed by atoms with Crippen LogP contribution in [0.25, 0.3) is 0 Å². The van der Waals surface area contributed by atoms with E-state index < -0.39 is 0 Å². The third kappa shape index (κ3) is 3.85. The van der Waals surface area contributed by atoms with Gasteiger partial charge in [0.25, 0.3) is 0 Å². The van der Waals surface area contributed by atoms with Crippen LogP contribution < -0.4 is 5.32 Å². The standard InChI is InChI=1S/C11H18N2Si/c1-2-12-9-13-8-11(14)10-6-4-3-5-7-10/h3-8,11-12H,2,9H2,1,14H3. The van der Waals surface area contributed by atoms with Crippen molar-refractivity contribution in [2.24, 2.45) is 4.99 Å². The van der Waals surface area contributed by atoms with Gasteiger partial charge in [0.05, 0.1) is 6.67 Å². The lowest BCUT2D eigenvalue weighted by Gasteiger charge is -2.04. The van der Waals surface area contributed by atoms with Crippen LogP contribution in [0, 0.1) is 0 Å². The first-order chi connectivity index (χ1) is 6.84. The van der Waals surface area contributed by atoms with Gasteiger partial charge in [0.2, 0.25) is 0 Å². The molecule has 0 amide bonds. The van der Waals surface area contributed by atoms with E-state index in [1.165, 1.54) is 5.56 Å². The van der Waals surface area contributed by atoms with Crippen molar-refractivity contribution in [1.82, 2.24) is 5.32 Å². The van der Waals surface area contributed by atoms with Crippen LogP contribution in [0.4, 0.5) is 0 Å². The third-order valence-electron chi connectivity index (χ3n) is 2.11. The van der Waals surface area contributed by atoms with E-state index in [-0.39, 0.29) is 0 Å². The fourth-order valence-corrected chi connectivity index (χ4v) is 1.83. The van der Waals surface area contributed by atoms with Crippen molar-refractivity contribution in [2.45, 2.75) is 12.5 Å². The largest absolute Gasteiger partial charge is 0.299 e. The highest BCUT2D eigenvalue weighted by atomic mass is 28.1. The van der Waals surface area contributed by atoms with Crippen LogP contribution in [-0.4, -0.2) is 29.7 Å². The van der Waals surface area contributed by atoms with Crippen LogP contribution in [0.15, 0.2) is 35.3 Å². The maximum absolute atomic E-state index is 4.34. The van der Waals surface area contributed by atoms with Gasteiger partial charge in [-0.15, -0.1) is 0 Å². The predicted molar refractivity (Wildman–Crippen MR) is 66.2 cm³/mol. The first-order valence-corrected chi connectivity index (χ1v) is 6.25. The van der Waals surface area contributed by atoms with E-state index in [9.17, 15) is 0 Å². The maximum Gasteiger partial charge on any atom is 0.0880 e. The normalized spacial score (nSPS) is 13.5. The second-order valence-electron chi connectivity index (χ2n) is 3.29. The van der Waals surface area contributed by atoms with Gasteiger partial charge < -0.3 is 0 Å². The molecule has 1 rings (SSSR count). The predicted octanol–water partition coefficient (Wildman–Crippen LogP) is 0.731. The summed E-state index contributed by atoms with van der Waals surface area (Å²) in [6, 6.07) is 10.5. The number of rotatable bonds is 5. The molecular formula is C11H18N2Si. The van der Waals surface area contributed by atoms with E-state index in [1.807, 2.05) is 6.07 Å². The fraction of sp³-hybridized carbons (Fsp3) is 0.364. The van der Waals surface area contributed by atoms with Gasteiger partial charge in [0.1, 0.15) is 0 Å². The van der Waals surface area contributed by atoms with Gasteiger partial charge in [0.15, 0.2) is 0 Å². The molecule has 1 aromatic carbocycles. The summed E-state index contributed by atoms with van der Waals surface area (Å²) in [5, 5.41) is 3.17. The monoisotopic (exact) mass is 206 g/mol. The Labute approximate surface area is 88.9 Å². The van der Waals surface area contributed by atoms with Crippen molar-refractivity contribution in [2.75, 3.05) is 13.2 Å². The average Bonchev–Trinajstić information content (AvgIpc) is 2.25. The van der Waals surface area contributed by atoms with Gasteiger partial charge in [-0.1, -0.05) is 37.3 Å². The molecule has 76 valence electrons. The second-order valence-corrected chi connectivity index (χ2v) is 4.54. The van der Waals surface area contributed by atoms with Crippen molar-refractivity contribution in [3.8, 4) is 0 Å². The van der Waals surface area contributed by atoms with E-state index >= 15 is 0 Å². The molecule has 0 aliphatic rings. The quantitative estimate of drug-likeness (QED) is 0.429. The molecule has 3 heteroatoms. The second kappa shape index (κ2) is 6.51. The molecule has 0 heterocycles. The van der Waals surface area contributed by atoms with Crippen LogP contribution in [0.5, 0.6) is 0 Å². The van der Waals surface area contributed by atoms with Crippen LogP contribution in [0.3, 0.4) is 0 Å². The molecule has 14 heavy (non-hydrogen) atoms. The molecular weight excluding hydrogens is 188 g/mol. The summed E-state index contributed by atoms with van der Waals surface area (Å²) in [6.45, 7) is 3.81. The minimum absolute atomic E-state index is 0.537. The molecule has 1 unspecified atom stereocenters. The first kappa shape index (κ1) is 11.1. The minimum atomic E-state index is 0.537. The number of nitrogens with zero attached hydrogens (tertiary/aromatic N) is 1. The van der Waals surface area contributed by atoms with E-state index in [0.717, 1.165) is 23.5 Å². The lowest BCUT2D eigenvalue weighted by molar-refractivity contribution is 0.744. The van der Waals surface area contributed by atoms with Crippen molar-refractivity contribution < 1.29 is 0 Å². The first-order valence-electron chi connectivity index (χ1n) is 5.10. The molecule has 0 aliphatic carbocycles. The minimum Gasteiger partial charge on any atom is -0.299 e. The van der Waals surface area contributed by atoms with E-state index in [1.54, 1.807) is 0 Å². The molecule has 0 radical (unpaired) electrons. The van der Waals surface area contributed by atoms with E-state index in [0.29, 0.717) is 5.54 Å². The fourth-order valence-electron chi connectivity index (χ4n) is 1.23. The number of hydrogen-bond acceptors (Lipinski definition) is 2. The molecule has 1 N–H and O–H groups in total. The van der Waals surface area contributed by atoms with Crippen LogP contribution in [-0.2, 0) is 0 Å². The molecule has 2 nitrogen and oxygen atoms in total. The lowest BCUT2D eigenvalue weighted by Crippen LogP contribution is -2.13. The summed E-state index contributed by atoms with van der Waals surface area (Å²) in [7, 11) is 1.12. The molecule has 0 fully saturated rings. The smallest absolute Gasteiger partial charge is 0.0880 e. The van der Waals surface area contributed by atoms with Crippen molar-refractivity contribution in [1.29, 1.82) is 0 Å². The number of nitrogens with one attached hydrogen (secondary N) is 1. The zero-order valence-electron chi connectivity index (χ0n) is 8.90. The molecule has 0 bridgehead atoms. The highest BCUT2D eigenvalue weighted by Crippen LogP contribution is 2.08. The zero-order valence-corrected chi connectivity index (χ0v) is 10.9. The third-order valence-corrected chi connectivity index (χ3v) is 3.07. The summed E-state index contributed by atoms with van der Waals surface area (Å²) in [5.41, 5.74) is 1.91. The Morgan fingerprint density at radius 3 is 2.79 bits per heavy atom. The number of benzene rings is 1. The van der Waals surface area contributed by atoms with Crippen molar-refractivity contribution in [3.05, 3.63) is 35.9 Å². The summed E-state index contributed by atoms with van der Waals surface area (Å²) < 4.78 is 0.